The number of H-pyrrole nitrogens is 1. The van der Waals surface area contributed by atoms with Crippen molar-refractivity contribution in [2.75, 3.05) is 5.32 Å². The number of hydrogen-bond acceptors (Lipinski definition) is 3. The maximum Gasteiger partial charge on any atom is 0.162 e. The Hall–Kier alpha value is -2.43. The van der Waals surface area contributed by atoms with Crippen molar-refractivity contribution >= 4 is 11.6 Å². The summed E-state index contributed by atoms with van der Waals surface area (Å²) in [6.45, 7) is 5.87. The molecule has 0 saturated heterocycles. The van der Waals surface area contributed by atoms with Crippen LogP contribution in [0.25, 0.3) is 0 Å². The van der Waals surface area contributed by atoms with Crippen molar-refractivity contribution in [3.8, 4) is 0 Å². The summed E-state index contributed by atoms with van der Waals surface area (Å²) in [7, 11) is 0. The number of allylic oxidation sites excluding steroid dienone is 2. The lowest BCUT2D eigenvalue weighted by Crippen LogP contribution is -2.42. The van der Waals surface area contributed by atoms with Crippen LogP contribution >= 0.6 is 0 Å². The lowest BCUT2D eigenvalue weighted by atomic mass is 9.61. The number of hydrogen-bond donors (Lipinski definition) is 2. The molecule has 28 heavy (non-hydrogen) atoms. The normalized spacial score (nSPS) is 25.9. The van der Waals surface area contributed by atoms with Crippen molar-refractivity contribution in [1.82, 2.24) is 10.2 Å². The monoisotopic (exact) mass is 379 g/mol. The smallest absolute Gasteiger partial charge is 0.162 e. The number of Topliss-reactive ketones (excluding diaryl/α,β-unsaturated/α-hetero) is 1. The molecule has 1 aromatic carbocycles. The van der Waals surface area contributed by atoms with Gasteiger partial charge >= 0.3 is 0 Å². The topological polar surface area (TPSA) is 57.8 Å². The molecule has 2 aromatic rings. The van der Waals surface area contributed by atoms with Gasteiger partial charge in [-0.25, -0.2) is 4.39 Å². The van der Waals surface area contributed by atoms with Crippen LogP contribution in [0.2, 0.25) is 0 Å². The number of rotatable bonds is 3. The van der Waals surface area contributed by atoms with Crippen LogP contribution in [0, 0.1) is 5.41 Å². The summed E-state index contributed by atoms with van der Waals surface area (Å²) >= 11 is 0. The fourth-order valence-corrected chi connectivity index (χ4v) is 5.15. The van der Waals surface area contributed by atoms with Gasteiger partial charge in [-0.2, -0.15) is 5.10 Å². The van der Waals surface area contributed by atoms with Crippen molar-refractivity contribution < 1.29 is 9.18 Å². The molecule has 2 N–H and O–H groups in total. The first-order chi connectivity index (χ1) is 13.3. The number of carbonyl (C=O) groups excluding carboxylic acids is 1. The Morgan fingerprint density at radius 3 is 2.71 bits per heavy atom. The van der Waals surface area contributed by atoms with Gasteiger partial charge in [0.25, 0.3) is 0 Å². The number of carbonyl (C=O) groups is 1. The molecule has 1 fully saturated rings. The number of nitrogens with one attached hydrogen (secondary N) is 2. The summed E-state index contributed by atoms with van der Waals surface area (Å²) in [5.74, 6) is 1.47. The minimum atomic E-state index is -0.625. The van der Waals surface area contributed by atoms with E-state index in [1.165, 1.54) is 0 Å². The quantitative estimate of drug-likeness (QED) is 0.777. The second kappa shape index (κ2) is 5.79. The van der Waals surface area contributed by atoms with Gasteiger partial charge in [0.2, 0.25) is 0 Å². The van der Waals surface area contributed by atoms with Crippen LogP contribution in [-0.4, -0.2) is 16.0 Å². The van der Waals surface area contributed by atoms with E-state index in [9.17, 15) is 9.18 Å². The average molecular weight is 379 g/mol. The first-order valence-electron chi connectivity index (χ1n) is 10.1. The Morgan fingerprint density at radius 2 is 2.00 bits per heavy atom. The predicted molar refractivity (Wildman–Crippen MR) is 107 cm³/mol. The highest BCUT2D eigenvalue weighted by Gasteiger charge is 2.51. The average Bonchev–Trinajstić information content (AvgIpc) is 3.40. The largest absolute Gasteiger partial charge is 0.342 e. The second-order valence-corrected chi connectivity index (χ2v) is 9.51. The van der Waals surface area contributed by atoms with Gasteiger partial charge < -0.3 is 5.32 Å². The summed E-state index contributed by atoms with van der Waals surface area (Å²) < 4.78 is 13.5. The molecular formula is C23H26FN3O. The summed E-state index contributed by atoms with van der Waals surface area (Å²) in [5, 5.41) is 11.3. The Morgan fingerprint density at radius 1 is 1.21 bits per heavy atom. The van der Waals surface area contributed by atoms with E-state index in [1.807, 2.05) is 18.2 Å². The predicted octanol–water partition coefficient (Wildman–Crippen LogP) is 5.13. The zero-order valence-electron chi connectivity index (χ0n) is 16.7. The van der Waals surface area contributed by atoms with Crippen LogP contribution in [0.1, 0.15) is 74.8 Å². The molecule has 146 valence electrons. The van der Waals surface area contributed by atoms with E-state index in [-0.39, 0.29) is 11.2 Å². The molecule has 1 saturated carbocycles. The van der Waals surface area contributed by atoms with E-state index in [0.717, 1.165) is 53.2 Å². The van der Waals surface area contributed by atoms with Gasteiger partial charge in [-0.05, 0) is 42.7 Å². The van der Waals surface area contributed by atoms with Gasteiger partial charge in [-0.15, -0.1) is 0 Å². The molecule has 0 spiro atoms. The van der Waals surface area contributed by atoms with Gasteiger partial charge in [0, 0.05) is 34.9 Å². The van der Waals surface area contributed by atoms with Gasteiger partial charge in [0.1, 0.15) is 6.67 Å². The van der Waals surface area contributed by atoms with Crippen LogP contribution in [0.15, 0.2) is 35.5 Å². The molecule has 2 heterocycles. The lowest BCUT2D eigenvalue weighted by molar-refractivity contribution is -0.118. The molecule has 4 nitrogen and oxygen atoms in total. The van der Waals surface area contributed by atoms with Crippen molar-refractivity contribution in [3.63, 3.8) is 0 Å². The number of aromatic nitrogens is 2. The van der Waals surface area contributed by atoms with Crippen LogP contribution in [-0.2, 0) is 16.9 Å². The zero-order chi connectivity index (χ0) is 19.7. The van der Waals surface area contributed by atoms with Crippen LogP contribution in [0.5, 0.6) is 0 Å². The zero-order valence-corrected chi connectivity index (χ0v) is 16.7. The summed E-state index contributed by atoms with van der Waals surface area (Å²) in [5.41, 5.74) is 4.89. The summed E-state index contributed by atoms with van der Waals surface area (Å²) in [6.07, 6.45) is 3.61. The SMILES string of the molecule is CC1(C)CC(=O)C2=C(C1)Nc1n[nH]c(C3CC3)c1[C@]2(C)c1cccc(CF)c1. The molecule has 0 radical (unpaired) electrons. The summed E-state index contributed by atoms with van der Waals surface area (Å²) in [6, 6.07) is 7.63. The van der Waals surface area contributed by atoms with E-state index in [4.69, 9.17) is 0 Å². The Labute approximate surface area is 164 Å². The van der Waals surface area contributed by atoms with Crippen molar-refractivity contribution in [2.45, 2.75) is 64.5 Å². The Balaban J connectivity index is 1.79. The molecule has 1 aliphatic heterocycles. The van der Waals surface area contributed by atoms with E-state index < -0.39 is 12.1 Å². The number of ketones is 1. The molecule has 1 atom stereocenters. The highest BCUT2D eigenvalue weighted by molar-refractivity contribution is 6.03. The molecule has 0 bridgehead atoms. The van der Waals surface area contributed by atoms with Crippen molar-refractivity contribution in [3.05, 3.63) is 57.9 Å². The minimum absolute atomic E-state index is 0.0856. The first kappa shape index (κ1) is 17.7. The first-order valence-corrected chi connectivity index (χ1v) is 10.1. The van der Waals surface area contributed by atoms with Crippen molar-refractivity contribution in [2.24, 2.45) is 5.41 Å². The van der Waals surface area contributed by atoms with E-state index in [1.54, 1.807) is 6.07 Å². The maximum atomic E-state index is 13.5. The molecule has 5 heteroatoms. The van der Waals surface area contributed by atoms with Crippen molar-refractivity contribution in [1.29, 1.82) is 0 Å². The number of benzene rings is 1. The standard InChI is InChI=1S/C23H26FN3O/c1-22(2)10-16-18(17(28)11-22)23(3,15-6-4-5-13(9-15)12-24)19-20(14-7-8-14)26-27-21(19)25-16/h4-6,9,14H,7-8,10-12H2,1-3H3,(H2,25,26,27)/t23-/m1/s1. The minimum Gasteiger partial charge on any atom is -0.342 e. The van der Waals surface area contributed by atoms with E-state index in [2.05, 4.69) is 36.3 Å². The van der Waals surface area contributed by atoms with Gasteiger partial charge in [-0.3, -0.25) is 9.89 Å². The Kier molecular flexibility index (Phi) is 3.65. The number of aromatic amines is 1. The number of anilines is 1. The Bertz CT molecular complexity index is 1010. The highest BCUT2D eigenvalue weighted by atomic mass is 19.1. The third kappa shape index (κ3) is 2.48. The third-order valence-electron chi connectivity index (χ3n) is 6.58. The number of fused-ring (bicyclic) bond motifs is 1. The van der Waals surface area contributed by atoms with Crippen LogP contribution < -0.4 is 5.32 Å². The molecular weight excluding hydrogens is 353 g/mol. The van der Waals surface area contributed by atoms with Gasteiger partial charge in [-0.1, -0.05) is 38.1 Å². The molecule has 2 aliphatic carbocycles. The lowest BCUT2D eigenvalue weighted by Gasteiger charge is -2.44. The number of alkyl halides is 1. The molecule has 3 aliphatic rings. The second-order valence-electron chi connectivity index (χ2n) is 9.51. The van der Waals surface area contributed by atoms with E-state index in [0.29, 0.717) is 17.9 Å². The third-order valence-corrected chi connectivity index (χ3v) is 6.58. The van der Waals surface area contributed by atoms with Crippen LogP contribution in [0.4, 0.5) is 10.2 Å². The summed E-state index contributed by atoms with van der Waals surface area (Å²) in [4.78, 5) is 13.4. The maximum absolute atomic E-state index is 13.5. The van der Waals surface area contributed by atoms with E-state index >= 15 is 0 Å². The van der Waals surface area contributed by atoms with Gasteiger partial charge in [0.05, 0.1) is 5.41 Å². The highest BCUT2D eigenvalue weighted by Crippen LogP contribution is 2.55. The fourth-order valence-electron chi connectivity index (χ4n) is 5.15. The molecule has 0 unspecified atom stereocenters. The molecule has 1 aromatic heterocycles. The number of halogens is 1. The van der Waals surface area contributed by atoms with Gasteiger partial charge in [0.15, 0.2) is 11.6 Å². The van der Waals surface area contributed by atoms with Crippen LogP contribution in [0.3, 0.4) is 0 Å². The molecule has 5 rings (SSSR count). The molecule has 0 amide bonds. The fraction of sp³-hybridized carbons (Fsp3) is 0.478. The number of nitrogens with zero attached hydrogens (tertiary/aromatic N) is 1.